The standard InChI is InChI=1S/C22H27N3O8S/c1-9-16(15(10(2)26)21(30)31)25-17(22(32)33)18(9)34-13-7-14(23-8-13)19(27)24-12-5-3-4-11(6-12)20(28)29/h3-6,9-10,13-16,18,23,26H,7-8H2,1-2H3,(H,24,27)(H,28,29)(H,30,31)(H,32,33)/t9-,10-,13+,14+,15+,16+,18-/m1/s1. The number of aliphatic hydroxyl groups excluding tert-OH is 1. The molecule has 184 valence electrons. The van der Waals surface area contributed by atoms with Gasteiger partial charge in [0, 0.05) is 17.5 Å². The highest BCUT2D eigenvalue weighted by Crippen LogP contribution is 2.39. The molecule has 0 unspecified atom stereocenters. The van der Waals surface area contributed by atoms with Crippen molar-refractivity contribution < 1.29 is 39.6 Å². The minimum absolute atomic E-state index is 0.0488. The van der Waals surface area contributed by atoms with Crippen LogP contribution in [0.4, 0.5) is 5.69 Å². The van der Waals surface area contributed by atoms with Gasteiger partial charge in [0.2, 0.25) is 5.91 Å². The summed E-state index contributed by atoms with van der Waals surface area (Å²) in [5, 5.41) is 43.2. The zero-order chi connectivity index (χ0) is 25.2. The first-order valence-electron chi connectivity index (χ1n) is 10.7. The van der Waals surface area contributed by atoms with Crippen molar-refractivity contribution in [2.75, 3.05) is 11.9 Å². The van der Waals surface area contributed by atoms with Crippen LogP contribution in [-0.2, 0) is 14.4 Å². The predicted molar refractivity (Wildman–Crippen MR) is 124 cm³/mol. The summed E-state index contributed by atoms with van der Waals surface area (Å²) in [7, 11) is 0. The zero-order valence-corrected chi connectivity index (χ0v) is 19.4. The van der Waals surface area contributed by atoms with Crippen molar-refractivity contribution in [3.05, 3.63) is 29.8 Å². The van der Waals surface area contributed by atoms with Gasteiger partial charge >= 0.3 is 17.9 Å². The Labute approximate surface area is 199 Å². The molecule has 3 rings (SSSR count). The van der Waals surface area contributed by atoms with Gasteiger partial charge in [0.05, 0.1) is 29.0 Å². The van der Waals surface area contributed by atoms with Crippen LogP contribution in [0, 0.1) is 11.8 Å². The molecule has 6 N–H and O–H groups in total. The normalized spacial score (nSPS) is 28.1. The third kappa shape index (κ3) is 5.57. The zero-order valence-electron chi connectivity index (χ0n) is 18.5. The van der Waals surface area contributed by atoms with Crippen LogP contribution < -0.4 is 10.6 Å². The van der Waals surface area contributed by atoms with Gasteiger partial charge in [-0.2, -0.15) is 0 Å². The van der Waals surface area contributed by atoms with E-state index in [2.05, 4.69) is 15.6 Å². The fraction of sp³-hybridized carbons (Fsp3) is 0.500. The highest BCUT2D eigenvalue weighted by molar-refractivity contribution is 8.01. The number of benzene rings is 1. The largest absolute Gasteiger partial charge is 0.481 e. The Bertz CT molecular complexity index is 1010. The molecule has 1 saturated heterocycles. The number of thioether (sulfide) groups is 1. The van der Waals surface area contributed by atoms with Crippen LogP contribution in [-0.4, -0.2) is 85.2 Å². The lowest BCUT2D eigenvalue weighted by molar-refractivity contribution is -0.146. The molecule has 1 aromatic carbocycles. The Morgan fingerprint density at radius 2 is 1.88 bits per heavy atom. The summed E-state index contributed by atoms with van der Waals surface area (Å²) >= 11 is 1.33. The number of rotatable bonds is 9. The molecule has 2 aliphatic heterocycles. The molecule has 1 fully saturated rings. The average molecular weight is 494 g/mol. The second-order valence-corrected chi connectivity index (χ2v) is 9.97. The Kier molecular flexibility index (Phi) is 7.95. The van der Waals surface area contributed by atoms with Gasteiger partial charge in [0.1, 0.15) is 11.6 Å². The molecule has 34 heavy (non-hydrogen) atoms. The van der Waals surface area contributed by atoms with Crippen LogP contribution in [0.1, 0.15) is 30.6 Å². The van der Waals surface area contributed by atoms with E-state index >= 15 is 0 Å². The number of carbonyl (C=O) groups is 4. The van der Waals surface area contributed by atoms with Crippen molar-refractivity contribution in [3.63, 3.8) is 0 Å². The average Bonchev–Trinajstić information content (AvgIpc) is 3.34. The Morgan fingerprint density at radius 3 is 2.47 bits per heavy atom. The number of carbonyl (C=O) groups excluding carboxylic acids is 1. The van der Waals surface area contributed by atoms with E-state index in [1.165, 1.54) is 36.9 Å². The molecule has 1 amide bonds. The molecule has 0 spiro atoms. The maximum absolute atomic E-state index is 12.7. The first-order chi connectivity index (χ1) is 16.0. The fourth-order valence-electron chi connectivity index (χ4n) is 4.36. The second kappa shape index (κ2) is 10.5. The van der Waals surface area contributed by atoms with Crippen LogP contribution >= 0.6 is 11.8 Å². The van der Waals surface area contributed by atoms with Crippen molar-refractivity contribution in [2.45, 2.75) is 49.0 Å². The maximum Gasteiger partial charge on any atom is 0.350 e. The molecule has 1 aromatic rings. The van der Waals surface area contributed by atoms with Crippen molar-refractivity contribution in [2.24, 2.45) is 16.8 Å². The summed E-state index contributed by atoms with van der Waals surface area (Å²) in [6, 6.07) is 4.45. The summed E-state index contributed by atoms with van der Waals surface area (Å²) in [6.07, 6.45) is -0.803. The predicted octanol–water partition coefficient (Wildman–Crippen LogP) is 0.781. The monoisotopic (exact) mass is 493 g/mol. The van der Waals surface area contributed by atoms with Crippen LogP contribution in [0.2, 0.25) is 0 Å². The van der Waals surface area contributed by atoms with Crippen LogP contribution in [0.15, 0.2) is 29.3 Å². The molecule has 0 saturated carbocycles. The minimum Gasteiger partial charge on any atom is -0.481 e. The molecular formula is C22H27N3O8S. The highest BCUT2D eigenvalue weighted by atomic mass is 32.2. The van der Waals surface area contributed by atoms with E-state index in [0.717, 1.165) is 0 Å². The summed E-state index contributed by atoms with van der Waals surface area (Å²) in [5.41, 5.74) is 0.272. The molecule has 7 atom stereocenters. The molecule has 0 aliphatic carbocycles. The Hall–Kier alpha value is -2.96. The Balaban J connectivity index is 1.66. The van der Waals surface area contributed by atoms with Gasteiger partial charge < -0.3 is 31.1 Å². The van der Waals surface area contributed by atoms with Gasteiger partial charge in [0.15, 0.2) is 0 Å². The summed E-state index contributed by atoms with van der Waals surface area (Å²) in [5.74, 6) is -5.59. The van der Waals surface area contributed by atoms with E-state index in [-0.39, 0.29) is 22.4 Å². The number of aromatic carboxylic acids is 1. The SMILES string of the molecule is C[C@@H]1[C@@H]([C@@H](C(=O)O)[C@@H](C)O)N=C(C(=O)O)[C@@H]1S[C@@H]1CN[C@H](C(=O)Nc2cccc(C(=O)O)c2)C1. The van der Waals surface area contributed by atoms with Gasteiger partial charge in [0.25, 0.3) is 0 Å². The van der Waals surface area contributed by atoms with E-state index < -0.39 is 53.2 Å². The molecule has 0 radical (unpaired) electrons. The van der Waals surface area contributed by atoms with E-state index in [4.69, 9.17) is 5.11 Å². The lowest BCUT2D eigenvalue weighted by Gasteiger charge is -2.27. The fourth-order valence-corrected chi connectivity index (χ4v) is 5.97. The highest BCUT2D eigenvalue weighted by Gasteiger charge is 2.48. The van der Waals surface area contributed by atoms with Gasteiger partial charge in [-0.3, -0.25) is 14.6 Å². The molecular weight excluding hydrogens is 466 g/mol. The molecule has 11 nitrogen and oxygen atoms in total. The van der Waals surface area contributed by atoms with Crippen molar-refractivity contribution in [1.82, 2.24) is 5.32 Å². The Morgan fingerprint density at radius 1 is 1.18 bits per heavy atom. The number of nitrogens with zero attached hydrogens (tertiary/aromatic N) is 1. The van der Waals surface area contributed by atoms with E-state index in [1.54, 1.807) is 13.0 Å². The number of anilines is 1. The van der Waals surface area contributed by atoms with E-state index in [1.807, 2.05) is 0 Å². The van der Waals surface area contributed by atoms with Gasteiger partial charge in [-0.05, 0) is 37.5 Å². The van der Waals surface area contributed by atoms with Crippen molar-refractivity contribution in [1.29, 1.82) is 0 Å². The van der Waals surface area contributed by atoms with Crippen molar-refractivity contribution in [3.8, 4) is 0 Å². The smallest absolute Gasteiger partial charge is 0.350 e. The van der Waals surface area contributed by atoms with Gasteiger partial charge in [-0.1, -0.05) is 13.0 Å². The first kappa shape index (κ1) is 25.7. The topological polar surface area (TPSA) is 186 Å². The summed E-state index contributed by atoms with van der Waals surface area (Å²) in [4.78, 5) is 51.4. The molecule has 0 bridgehead atoms. The van der Waals surface area contributed by atoms with Crippen molar-refractivity contribution >= 4 is 47.0 Å². The molecule has 0 aromatic heterocycles. The number of aliphatic imine (C=N–C) groups is 1. The van der Waals surface area contributed by atoms with Crippen LogP contribution in [0.25, 0.3) is 0 Å². The second-order valence-electron chi connectivity index (χ2n) is 8.52. The molecule has 2 heterocycles. The molecule has 2 aliphatic rings. The number of hydrogen-bond acceptors (Lipinski definition) is 8. The number of nitrogens with one attached hydrogen (secondary N) is 2. The van der Waals surface area contributed by atoms with E-state index in [9.17, 15) is 34.5 Å². The maximum atomic E-state index is 12.7. The number of carboxylic acid groups (broad SMARTS) is 3. The number of aliphatic hydroxyl groups is 1. The number of amides is 1. The summed E-state index contributed by atoms with van der Waals surface area (Å²) < 4.78 is 0. The lowest BCUT2D eigenvalue weighted by atomic mass is 9.86. The van der Waals surface area contributed by atoms with Gasteiger partial charge in [-0.15, -0.1) is 11.8 Å². The van der Waals surface area contributed by atoms with Crippen LogP contribution in [0.5, 0.6) is 0 Å². The van der Waals surface area contributed by atoms with Gasteiger partial charge in [-0.25, -0.2) is 9.59 Å². The first-order valence-corrected chi connectivity index (χ1v) is 11.7. The number of carboxylic acids is 3. The third-order valence-electron chi connectivity index (χ3n) is 6.09. The quantitative estimate of drug-likeness (QED) is 0.287. The summed E-state index contributed by atoms with van der Waals surface area (Å²) in [6.45, 7) is 3.50. The van der Waals surface area contributed by atoms with Crippen LogP contribution in [0.3, 0.4) is 0 Å². The lowest BCUT2D eigenvalue weighted by Crippen LogP contribution is -2.40. The van der Waals surface area contributed by atoms with E-state index in [0.29, 0.717) is 18.7 Å². The number of aliphatic carboxylic acids is 2. The number of hydrogen-bond donors (Lipinski definition) is 6. The minimum atomic E-state index is -1.24. The molecule has 12 heteroatoms. The third-order valence-corrected chi connectivity index (χ3v) is 7.78.